The second-order valence-corrected chi connectivity index (χ2v) is 3.69. The molecule has 0 aliphatic carbocycles. The number of rotatable bonds is 2. The van der Waals surface area contributed by atoms with Crippen LogP contribution in [0, 0.1) is 55.5 Å². The zero-order valence-electron chi connectivity index (χ0n) is 10.8. The third-order valence-corrected chi connectivity index (χ3v) is 2.18. The van der Waals surface area contributed by atoms with Crippen molar-refractivity contribution < 1.29 is 17.1 Å². The predicted molar refractivity (Wildman–Crippen MR) is 73.2 cm³/mol. The summed E-state index contributed by atoms with van der Waals surface area (Å²) in [4.78, 5) is 4.26. The molecule has 3 rings (SSSR count). The normalized spacial score (nSPS) is 9.65. The topological polar surface area (TPSA) is 12.4 Å². The van der Waals surface area contributed by atoms with E-state index in [4.69, 9.17) is 0 Å². The van der Waals surface area contributed by atoms with Crippen LogP contribution in [0.2, 0.25) is 0 Å². The average molecular weight is 295 g/mol. The largest absolute Gasteiger partial charge is 0.999 e. The Bertz CT molecular complexity index is 558. The Morgan fingerprint density at radius 3 is 2.10 bits per heavy atom. The summed E-state index contributed by atoms with van der Waals surface area (Å²) < 4.78 is 0. The molecule has 20 heavy (non-hydrogen) atoms. The van der Waals surface area contributed by atoms with E-state index in [2.05, 4.69) is 60.4 Å². The molecule has 104 valence electrons. The molecule has 0 amide bonds. The SMILES string of the molecule is Cc1ccc(N=C[c-]2[c-][c-][c-][c-]2)cc1.[Fe].[c-]1[c-][c-][cH-][c-]1. The number of aliphatic imine (C=N–C) groups is 1. The molecule has 0 N–H and O–H groups in total. The third kappa shape index (κ3) is 5.83. The molecule has 0 saturated carbocycles. The van der Waals surface area contributed by atoms with Gasteiger partial charge in [0.1, 0.15) is 0 Å². The van der Waals surface area contributed by atoms with Crippen molar-refractivity contribution in [1.29, 1.82) is 0 Å². The third-order valence-electron chi connectivity index (χ3n) is 2.18. The van der Waals surface area contributed by atoms with Gasteiger partial charge in [0, 0.05) is 22.8 Å². The molecule has 3 aromatic carbocycles. The maximum absolute atomic E-state index is 4.26. The van der Waals surface area contributed by atoms with Crippen molar-refractivity contribution in [2.45, 2.75) is 6.92 Å². The first kappa shape index (κ1) is 16.2. The fraction of sp³-hybridized carbons (Fsp3) is 0.0556. The van der Waals surface area contributed by atoms with E-state index < -0.39 is 0 Å². The van der Waals surface area contributed by atoms with Crippen molar-refractivity contribution in [3.8, 4) is 0 Å². The Labute approximate surface area is 131 Å². The van der Waals surface area contributed by atoms with E-state index in [9.17, 15) is 0 Å². The van der Waals surface area contributed by atoms with Gasteiger partial charge in [-0.2, -0.15) is 0 Å². The van der Waals surface area contributed by atoms with Gasteiger partial charge in [-0.15, -0.1) is 0 Å². The number of hydrogen-bond donors (Lipinski definition) is 0. The number of benzene rings is 1. The summed E-state index contributed by atoms with van der Waals surface area (Å²) in [6.07, 6.45) is 1.71. The number of aryl methyl sites for hydroxylation is 1. The number of nitrogens with zero attached hydrogens (tertiary/aromatic N) is 1. The molecular formula is C18H9FeN-10. The van der Waals surface area contributed by atoms with Crippen LogP contribution in [0.4, 0.5) is 5.69 Å². The van der Waals surface area contributed by atoms with Crippen LogP contribution in [0.3, 0.4) is 0 Å². The fourth-order valence-corrected chi connectivity index (χ4v) is 1.24. The Balaban J connectivity index is 0.000000283. The molecule has 2 heteroatoms. The molecule has 0 aliphatic rings. The van der Waals surface area contributed by atoms with Crippen LogP contribution in [0.25, 0.3) is 0 Å². The van der Waals surface area contributed by atoms with Crippen LogP contribution in [0.5, 0.6) is 0 Å². The Morgan fingerprint density at radius 1 is 1.00 bits per heavy atom. The van der Waals surface area contributed by atoms with Gasteiger partial charge < -0.3 is 71.4 Å². The minimum absolute atomic E-state index is 0. The van der Waals surface area contributed by atoms with E-state index in [0.29, 0.717) is 0 Å². The summed E-state index contributed by atoms with van der Waals surface area (Å²) in [5, 5.41) is 0. The molecule has 0 bridgehead atoms. The summed E-state index contributed by atoms with van der Waals surface area (Å²) >= 11 is 0. The smallest absolute Gasteiger partial charge is 0.0313 e. The monoisotopic (exact) mass is 295 g/mol. The zero-order valence-corrected chi connectivity index (χ0v) is 11.9. The minimum Gasteiger partial charge on any atom is -0.999 e. The first-order valence-corrected chi connectivity index (χ1v) is 5.67. The summed E-state index contributed by atoms with van der Waals surface area (Å²) in [5.74, 6) is 0. The molecule has 0 radical (unpaired) electrons. The van der Waals surface area contributed by atoms with Gasteiger partial charge in [-0.25, -0.2) is 0 Å². The van der Waals surface area contributed by atoms with E-state index in [0.717, 1.165) is 11.3 Å². The van der Waals surface area contributed by atoms with Crippen molar-refractivity contribution in [3.63, 3.8) is 0 Å². The summed E-state index contributed by atoms with van der Waals surface area (Å²) in [7, 11) is 0. The van der Waals surface area contributed by atoms with E-state index in [1.54, 1.807) is 12.3 Å². The van der Waals surface area contributed by atoms with Crippen molar-refractivity contribution >= 4 is 11.9 Å². The molecule has 1 nitrogen and oxygen atoms in total. The van der Waals surface area contributed by atoms with Crippen molar-refractivity contribution in [1.82, 2.24) is 0 Å². The fourth-order valence-electron chi connectivity index (χ4n) is 1.24. The van der Waals surface area contributed by atoms with Crippen LogP contribution < -0.4 is 0 Å². The Morgan fingerprint density at radius 2 is 1.60 bits per heavy atom. The van der Waals surface area contributed by atoms with Gasteiger partial charge in [0.05, 0.1) is 0 Å². The van der Waals surface area contributed by atoms with Gasteiger partial charge in [-0.1, -0.05) is 17.7 Å². The first-order chi connectivity index (χ1) is 9.34. The maximum atomic E-state index is 4.26. The molecule has 0 spiro atoms. The predicted octanol–water partition coefficient (Wildman–Crippen LogP) is 3.27. The van der Waals surface area contributed by atoms with Gasteiger partial charge in [-0.05, 0) is 19.1 Å². The quantitative estimate of drug-likeness (QED) is 0.391. The van der Waals surface area contributed by atoms with E-state index in [1.807, 2.05) is 24.3 Å². The van der Waals surface area contributed by atoms with Gasteiger partial charge in [-0.3, -0.25) is 0 Å². The summed E-state index contributed by atoms with van der Waals surface area (Å²) in [5.41, 5.74) is 2.95. The molecule has 0 aromatic heterocycles. The minimum atomic E-state index is 0. The summed E-state index contributed by atoms with van der Waals surface area (Å²) in [6, 6.07) is 31.0. The first-order valence-electron chi connectivity index (χ1n) is 5.67. The molecule has 0 heterocycles. The van der Waals surface area contributed by atoms with E-state index in [-0.39, 0.29) is 17.1 Å². The molecule has 0 unspecified atom stereocenters. The van der Waals surface area contributed by atoms with Crippen LogP contribution in [-0.2, 0) is 17.1 Å². The van der Waals surface area contributed by atoms with E-state index >= 15 is 0 Å². The van der Waals surface area contributed by atoms with Gasteiger partial charge in [0.2, 0.25) is 0 Å². The molecule has 0 saturated heterocycles. The summed E-state index contributed by atoms with van der Waals surface area (Å²) in [6.45, 7) is 2.05. The average Bonchev–Trinajstić information content (AvgIpc) is 3.14. The number of hydrogen-bond acceptors (Lipinski definition) is 1. The maximum Gasteiger partial charge on any atom is 0.0313 e. The molecular weight excluding hydrogens is 286 g/mol. The van der Waals surface area contributed by atoms with Crippen molar-refractivity contribution in [2.75, 3.05) is 0 Å². The van der Waals surface area contributed by atoms with Gasteiger partial charge >= 0.3 is 0 Å². The molecule has 0 fully saturated rings. The Kier molecular flexibility index (Phi) is 7.34. The zero-order chi connectivity index (χ0) is 13.3. The molecule has 3 aromatic rings. The van der Waals surface area contributed by atoms with Crippen molar-refractivity contribution in [2.24, 2.45) is 4.99 Å². The van der Waals surface area contributed by atoms with Crippen molar-refractivity contribution in [3.05, 3.63) is 90.0 Å². The van der Waals surface area contributed by atoms with E-state index in [1.165, 1.54) is 5.56 Å². The van der Waals surface area contributed by atoms with Gasteiger partial charge in [0.25, 0.3) is 0 Å². The van der Waals surface area contributed by atoms with Crippen LogP contribution in [-0.4, -0.2) is 6.21 Å². The van der Waals surface area contributed by atoms with Gasteiger partial charge in [0.15, 0.2) is 0 Å². The van der Waals surface area contributed by atoms with Crippen LogP contribution in [0.1, 0.15) is 11.1 Å². The standard InChI is InChI=1S/C13H8N.C5H.Fe/c1-11-6-8-13(9-7-11)14-10-12-4-2-3-5-12;1-2-4-5-3-1;/h6-10H,1H3;1H;/q2*-5;. The molecule has 0 atom stereocenters. The second-order valence-electron chi connectivity index (χ2n) is 3.69. The van der Waals surface area contributed by atoms with Crippen LogP contribution in [0.15, 0.2) is 35.3 Å². The van der Waals surface area contributed by atoms with Crippen LogP contribution >= 0.6 is 0 Å². The Hall–Kier alpha value is -1.89. The second kappa shape index (κ2) is 9.08. The molecule has 0 aliphatic heterocycles.